The monoisotopic (exact) mass is 325 g/mol. The van der Waals surface area contributed by atoms with Gasteiger partial charge in [-0.3, -0.25) is 4.84 Å². The summed E-state index contributed by atoms with van der Waals surface area (Å²) in [5.41, 5.74) is 1.98. The summed E-state index contributed by atoms with van der Waals surface area (Å²) in [7, 11) is 2.21. The third kappa shape index (κ3) is 3.49. The molecule has 0 aliphatic carbocycles. The van der Waals surface area contributed by atoms with E-state index >= 15 is 0 Å². The highest BCUT2D eigenvalue weighted by atomic mass is 32.2. The normalized spacial score (nSPS) is 22.7. The summed E-state index contributed by atoms with van der Waals surface area (Å²) in [6.45, 7) is 3.89. The third-order valence-electron chi connectivity index (χ3n) is 3.76. The van der Waals surface area contributed by atoms with Crippen molar-refractivity contribution in [1.29, 1.82) is 0 Å². The van der Waals surface area contributed by atoms with Crippen molar-refractivity contribution in [2.24, 2.45) is 0 Å². The zero-order chi connectivity index (χ0) is 16.3. The van der Waals surface area contributed by atoms with Gasteiger partial charge >= 0.3 is 0 Å². The van der Waals surface area contributed by atoms with Crippen molar-refractivity contribution in [1.82, 2.24) is 9.79 Å². The molecule has 1 aromatic rings. The summed E-state index contributed by atoms with van der Waals surface area (Å²) in [6.07, 6.45) is 1.53. The number of nitrogens with one attached hydrogen (secondary N) is 1. The lowest BCUT2D eigenvalue weighted by Gasteiger charge is -2.23. The van der Waals surface area contributed by atoms with E-state index in [1.54, 1.807) is 12.1 Å². The van der Waals surface area contributed by atoms with Crippen molar-refractivity contribution >= 4 is 15.7 Å². The van der Waals surface area contributed by atoms with E-state index in [0.717, 1.165) is 11.3 Å². The molecule has 1 saturated heterocycles. The average Bonchev–Trinajstić information content (AvgIpc) is 2.88. The Hall–Kier alpha value is -1.41. The van der Waals surface area contributed by atoms with E-state index in [-0.39, 0.29) is 19.2 Å². The molecule has 1 N–H and O–H groups in total. The van der Waals surface area contributed by atoms with E-state index in [0.29, 0.717) is 0 Å². The van der Waals surface area contributed by atoms with E-state index in [9.17, 15) is 8.42 Å². The third-order valence-corrected chi connectivity index (χ3v) is 5.52. The van der Waals surface area contributed by atoms with Crippen LogP contribution in [0.3, 0.4) is 0 Å². The minimum Gasteiger partial charge on any atom is -0.378 e. The highest BCUT2D eigenvalue weighted by Crippen LogP contribution is 2.33. The minimum absolute atomic E-state index is 0.142. The maximum Gasteiger partial charge on any atom is 0.219 e. The highest BCUT2D eigenvalue weighted by molar-refractivity contribution is 7.90. The summed E-state index contributed by atoms with van der Waals surface area (Å²) in [5.74, 6) is 0. The quantitative estimate of drug-likeness (QED) is 0.795. The minimum atomic E-state index is -3.48. The molecular formula is C15H23N3O3S. The molecule has 0 amide bonds. The smallest absolute Gasteiger partial charge is 0.219 e. The van der Waals surface area contributed by atoms with Crippen LogP contribution in [0.1, 0.15) is 11.6 Å². The van der Waals surface area contributed by atoms with Crippen molar-refractivity contribution in [3.8, 4) is 0 Å². The average molecular weight is 325 g/mol. The number of benzene rings is 1. The molecule has 0 saturated carbocycles. The van der Waals surface area contributed by atoms with Crippen LogP contribution in [0.5, 0.6) is 0 Å². The lowest BCUT2D eigenvalue weighted by molar-refractivity contribution is -0.110. The molecule has 0 aromatic heterocycles. The molecule has 0 radical (unpaired) electrons. The van der Waals surface area contributed by atoms with E-state index in [1.165, 1.54) is 6.08 Å². The molecule has 1 heterocycles. The molecule has 1 aromatic carbocycles. The predicted octanol–water partition coefficient (Wildman–Crippen LogP) is 1.14. The Morgan fingerprint density at radius 3 is 2.59 bits per heavy atom. The summed E-state index contributed by atoms with van der Waals surface area (Å²) in [6, 6.07) is 7.51. The maximum atomic E-state index is 12.4. The SMILES string of the molecule is C=CCNS(=O)(=O)C1CON(C)C1c1ccc(N(C)C)cc1. The van der Waals surface area contributed by atoms with Gasteiger partial charge in [0, 0.05) is 33.4 Å². The summed E-state index contributed by atoms with van der Waals surface area (Å²) in [4.78, 5) is 7.45. The second kappa shape index (κ2) is 6.78. The lowest BCUT2D eigenvalue weighted by atomic mass is 10.0. The highest BCUT2D eigenvalue weighted by Gasteiger charge is 2.42. The van der Waals surface area contributed by atoms with Crippen molar-refractivity contribution in [3.63, 3.8) is 0 Å². The molecule has 2 rings (SSSR count). The Balaban J connectivity index is 2.28. The van der Waals surface area contributed by atoms with Crippen LogP contribution in [0.2, 0.25) is 0 Å². The molecule has 0 bridgehead atoms. The molecule has 22 heavy (non-hydrogen) atoms. The van der Waals surface area contributed by atoms with Crippen LogP contribution in [0, 0.1) is 0 Å². The molecule has 6 nitrogen and oxygen atoms in total. The number of rotatable bonds is 6. The van der Waals surface area contributed by atoms with E-state index < -0.39 is 15.3 Å². The number of hydrogen-bond acceptors (Lipinski definition) is 5. The van der Waals surface area contributed by atoms with Gasteiger partial charge in [-0.1, -0.05) is 18.2 Å². The number of hydroxylamine groups is 2. The Kier molecular flexibility index (Phi) is 5.23. The first kappa shape index (κ1) is 17.0. The summed E-state index contributed by atoms with van der Waals surface area (Å²) < 4.78 is 27.4. The van der Waals surface area contributed by atoms with Gasteiger partial charge in [0.2, 0.25) is 10.0 Å². The van der Waals surface area contributed by atoms with Crippen molar-refractivity contribution in [3.05, 3.63) is 42.5 Å². The van der Waals surface area contributed by atoms with Gasteiger partial charge < -0.3 is 4.90 Å². The van der Waals surface area contributed by atoms with Crippen molar-refractivity contribution in [2.45, 2.75) is 11.3 Å². The van der Waals surface area contributed by atoms with Gasteiger partial charge in [0.1, 0.15) is 5.25 Å². The Morgan fingerprint density at radius 1 is 1.41 bits per heavy atom. The van der Waals surface area contributed by atoms with Gasteiger partial charge in [0.15, 0.2) is 0 Å². The summed E-state index contributed by atoms with van der Waals surface area (Å²) >= 11 is 0. The molecule has 2 unspecified atom stereocenters. The number of nitrogens with zero attached hydrogens (tertiary/aromatic N) is 2. The van der Waals surface area contributed by atoms with Crippen LogP contribution in [0.4, 0.5) is 5.69 Å². The van der Waals surface area contributed by atoms with Crippen LogP contribution in [0.25, 0.3) is 0 Å². The van der Waals surface area contributed by atoms with Crippen LogP contribution in [0.15, 0.2) is 36.9 Å². The van der Waals surface area contributed by atoms with E-state index in [4.69, 9.17) is 4.84 Å². The topological polar surface area (TPSA) is 61.9 Å². The largest absolute Gasteiger partial charge is 0.378 e. The zero-order valence-electron chi connectivity index (χ0n) is 13.2. The van der Waals surface area contributed by atoms with Gasteiger partial charge in [0.25, 0.3) is 0 Å². The van der Waals surface area contributed by atoms with Gasteiger partial charge in [-0.2, -0.15) is 5.06 Å². The number of anilines is 1. The molecule has 1 aliphatic heterocycles. The van der Waals surface area contributed by atoms with Crippen LogP contribution in [-0.2, 0) is 14.9 Å². The number of sulfonamides is 1. The van der Waals surface area contributed by atoms with Gasteiger partial charge in [-0.05, 0) is 17.7 Å². The summed E-state index contributed by atoms with van der Waals surface area (Å²) in [5, 5.41) is 0.963. The Morgan fingerprint density at radius 2 is 2.05 bits per heavy atom. The van der Waals surface area contributed by atoms with Crippen LogP contribution < -0.4 is 9.62 Å². The molecule has 1 fully saturated rings. The Bertz CT molecular complexity index is 613. The molecular weight excluding hydrogens is 302 g/mol. The van der Waals surface area contributed by atoms with E-state index in [1.807, 2.05) is 43.3 Å². The molecule has 2 atom stereocenters. The van der Waals surface area contributed by atoms with Gasteiger partial charge in [-0.25, -0.2) is 13.1 Å². The first-order chi connectivity index (χ1) is 10.4. The molecule has 7 heteroatoms. The molecule has 1 aliphatic rings. The fourth-order valence-electron chi connectivity index (χ4n) is 2.53. The molecule has 122 valence electrons. The predicted molar refractivity (Wildman–Crippen MR) is 88.1 cm³/mol. The number of hydrogen-bond donors (Lipinski definition) is 1. The fourth-order valence-corrected chi connectivity index (χ4v) is 4.00. The van der Waals surface area contributed by atoms with Crippen LogP contribution >= 0.6 is 0 Å². The second-order valence-corrected chi connectivity index (χ2v) is 7.48. The van der Waals surface area contributed by atoms with Crippen molar-refractivity contribution in [2.75, 3.05) is 39.2 Å². The zero-order valence-corrected chi connectivity index (χ0v) is 14.0. The van der Waals surface area contributed by atoms with Gasteiger partial charge in [0.05, 0.1) is 12.6 Å². The lowest BCUT2D eigenvalue weighted by Crippen LogP contribution is -2.39. The second-order valence-electron chi connectivity index (χ2n) is 5.49. The first-order valence-corrected chi connectivity index (χ1v) is 8.64. The maximum absolute atomic E-state index is 12.4. The van der Waals surface area contributed by atoms with E-state index in [2.05, 4.69) is 11.3 Å². The van der Waals surface area contributed by atoms with Crippen LogP contribution in [-0.4, -0.2) is 53.0 Å². The van der Waals surface area contributed by atoms with Gasteiger partial charge in [-0.15, -0.1) is 6.58 Å². The molecule has 0 spiro atoms. The Labute approximate surface area is 132 Å². The fraction of sp³-hybridized carbons (Fsp3) is 0.467. The first-order valence-electron chi connectivity index (χ1n) is 7.09. The standard InChI is InChI=1S/C15H23N3O3S/c1-5-10-16-22(19,20)14-11-21-18(4)15(14)12-6-8-13(9-7-12)17(2)3/h5-9,14-16H,1,10-11H2,2-4H3. The van der Waals surface area contributed by atoms with Crippen molar-refractivity contribution < 1.29 is 13.3 Å².